The highest BCUT2D eigenvalue weighted by Gasteiger charge is 2.19. The van der Waals surface area contributed by atoms with Gasteiger partial charge >= 0.3 is 10.1 Å². The van der Waals surface area contributed by atoms with Gasteiger partial charge in [0.1, 0.15) is 5.75 Å². The van der Waals surface area contributed by atoms with Crippen molar-refractivity contribution in [1.82, 2.24) is 4.90 Å². The Labute approximate surface area is 163 Å². The van der Waals surface area contributed by atoms with Crippen molar-refractivity contribution in [3.8, 4) is 5.75 Å². The number of benzene rings is 2. The Bertz CT molecular complexity index is 863. The molecule has 0 saturated carbocycles. The monoisotopic (exact) mass is 439 g/mol. The van der Waals surface area contributed by atoms with Crippen molar-refractivity contribution >= 4 is 32.0 Å². The highest BCUT2D eigenvalue weighted by atomic mass is 79.9. The van der Waals surface area contributed by atoms with Crippen LogP contribution in [-0.4, -0.2) is 31.0 Å². The number of hydrogen-bond acceptors (Lipinski definition) is 4. The molecule has 0 radical (unpaired) electrons. The van der Waals surface area contributed by atoms with E-state index in [2.05, 4.69) is 15.9 Å². The molecule has 0 aliphatic carbocycles. The van der Waals surface area contributed by atoms with Gasteiger partial charge in [0.05, 0.1) is 5.75 Å². The van der Waals surface area contributed by atoms with Crippen LogP contribution in [0.5, 0.6) is 5.75 Å². The molecular formula is C19H22BrNO4S. The fraction of sp³-hybridized carbons (Fsp3) is 0.316. The molecule has 0 fully saturated rings. The van der Waals surface area contributed by atoms with Crippen molar-refractivity contribution in [1.29, 1.82) is 0 Å². The standard InChI is InChI=1S/C19H22BrNO4S/c1-4-26(23,24)25-18-7-5-6-15(12-18)13-21(14(2)3)19(22)16-8-10-17(20)11-9-16/h5-12,14H,4,13H2,1-3H3. The third kappa shape index (κ3) is 5.57. The third-order valence-electron chi connectivity index (χ3n) is 3.80. The summed E-state index contributed by atoms with van der Waals surface area (Å²) >= 11 is 3.36. The maximum absolute atomic E-state index is 12.8. The van der Waals surface area contributed by atoms with E-state index in [9.17, 15) is 13.2 Å². The number of carbonyl (C=O) groups is 1. The van der Waals surface area contributed by atoms with Gasteiger partial charge in [-0.15, -0.1) is 0 Å². The van der Waals surface area contributed by atoms with Gasteiger partial charge in [0.15, 0.2) is 0 Å². The molecule has 2 aromatic carbocycles. The molecule has 26 heavy (non-hydrogen) atoms. The Morgan fingerprint density at radius 1 is 1.15 bits per heavy atom. The van der Waals surface area contributed by atoms with Crippen molar-refractivity contribution in [2.45, 2.75) is 33.4 Å². The Kier molecular flexibility index (Phi) is 6.83. The first-order valence-corrected chi connectivity index (χ1v) is 10.7. The second-order valence-corrected chi connectivity index (χ2v) is 8.89. The zero-order valence-electron chi connectivity index (χ0n) is 15.0. The molecule has 0 N–H and O–H groups in total. The lowest BCUT2D eigenvalue weighted by molar-refractivity contribution is 0.0690. The molecule has 140 valence electrons. The third-order valence-corrected chi connectivity index (χ3v) is 5.49. The van der Waals surface area contributed by atoms with Crippen LogP contribution in [0.4, 0.5) is 0 Å². The first-order valence-electron chi connectivity index (χ1n) is 8.29. The average molecular weight is 440 g/mol. The number of hydrogen-bond donors (Lipinski definition) is 0. The summed E-state index contributed by atoms with van der Waals surface area (Å²) in [5.74, 6) is 0.0707. The Morgan fingerprint density at radius 2 is 1.81 bits per heavy atom. The molecule has 7 heteroatoms. The Morgan fingerprint density at radius 3 is 2.38 bits per heavy atom. The van der Waals surface area contributed by atoms with E-state index >= 15 is 0 Å². The van der Waals surface area contributed by atoms with Crippen LogP contribution in [0.25, 0.3) is 0 Å². The van der Waals surface area contributed by atoms with E-state index in [0.29, 0.717) is 12.1 Å². The first kappa shape index (κ1) is 20.5. The molecule has 1 amide bonds. The summed E-state index contributed by atoms with van der Waals surface area (Å²) in [4.78, 5) is 14.6. The minimum Gasteiger partial charge on any atom is -0.382 e. The molecule has 0 heterocycles. The minimum atomic E-state index is -3.58. The summed E-state index contributed by atoms with van der Waals surface area (Å²) in [6, 6.07) is 14.0. The quantitative estimate of drug-likeness (QED) is 0.605. The molecule has 0 aliphatic heterocycles. The van der Waals surface area contributed by atoms with E-state index in [4.69, 9.17) is 4.18 Å². The molecule has 0 unspecified atom stereocenters. The highest BCUT2D eigenvalue weighted by molar-refractivity contribution is 9.10. The zero-order chi connectivity index (χ0) is 19.3. The van der Waals surface area contributed by atoms with Gasteiger partial charge < -0.3 is 9.08 Å². The first-order chi connectivity index (χ1) is 12.2. The van der Waals surface area contributed by atoms with E-state index in [1.807, 2.05) is 32.0 Å². The molecular weight excluding hydrogens is 418 g/mol. The van der Waals surface area contributed by atoms with Gasteiger partial charge in [-0.2, -0.15) is 8.42 Å². The van der Waals surface area contributed by atoms with Crippen LogP contribution in [0.1, 0.15) is 36.7 Å². The summed E-state index contributed by atoms with van der Waals surface area (Å²) in [5, 5.41) is 0. The van der Waals surface area contributed by atoms with E-state index in [0.717, 1.165) is 10.0 Å². The number of amides is 1. The maximum Gasteiger partial charge on any atom is 0.308 e. The lowest BCUT2D eigenvalue weighted by Crippen LogP contribution is -2.36. The molecule has 2 aromatic rings. The van der Waals surface area contributed by atoms with Gasteiger partial charge in [0.2, 0.25) is 0 Å². The van der Waals surface area contributed by atoms with Crippen LogP contribution < -0.4 is 4.18 Å². The molecule has 5 nitrogen and oxygen atoms in total. The lowest BCUT2D eigenvalue weighted by atomic mass is 10.1. The van der Waals surface area contributed by atoms with Crippen molar-refractivity contribution in [3.05, 3.63) is 64.1 Å². The molecule has 0 spiro atoms. The summed E-state index contributed by atoms with van der Waals surface area (Å²) in [7, 11) is -3.58. The fourth-order valence-electron chi connectivity index (χ4n) is 2.35. The maximum atomic E-state index is 12.8. The summed E-state index contributed by atoms with van der Waals surface area (Å²) in [6.07, 6.45) is 0. The number of carbonyl (C=O) groups excluding carboxylic acids is 1. The average Bonchev–Trinajstić information content (AvgIpc) is 2.59. The van der Waals surface area contributed by atoms with Gasteiger partial charge in [-0.05, 0) is 62.7 Å². The number of nitrogens with zero attached hydrogens (tertiary/aromatic N) is 1. The second-order valence-electron chi connectivity index (χ2n) is 6.11. The fourth-order valence-corrected chi connectivity index (χ4v) is 3.12. The SMILES string of the molecule is CCS(=O)(=O)Oc1cccc(CN(C(=O)c2ccc(Br)cc2)C(C)C)c1. The number of halogens is 1. The van der Waals surface area contributed by atoms with E-state index in [1.54, 1.807) is 35.2 Å². The van der Waals surface area contributed by atoms with Crippen molar-refractivity contribution < 1.29 is 17.4 Å². The summed E-state index contributed by atoms with van der Waals surface area (Å²) in [6.45, 7) is 5.77. The van der Waals surface area contributed by atoms with E-state index in [1.165, 1.54) is 6.92 Å². The van der Waals surface area contributed by atoms with Gasteiger partial charge in [0.25, 0.3) is 5.91 Å². The molecule has 0 bridgehead atoms. The van der Waals surface area contributed by atoms with Crippen LogP contribution in [0.15, 0.2) is 53.0 Å². The highest BCUT2D eigenvalue weighted by Crippen LogP contribution is 2.20. The van der Waals surface area contributed by atoms with Crippen LogP contribution >= 0.6 is 15.9 Å². The van der Waals surface area contributed by atoms with Gasteiger partial charge in [-0.1, -0.05) is 28.1 Å². The number of rotatable bonds is 7. The Balaban J connectivity index is 2.22. The smallest absolute Gasteiger partial charge is 0.308 e. The molecule has 2 rings (SSSR count). The zero-order valence-corrected chi connectivity index (χ0v) is 17.4. The van der Waals surface area contributed by atoms with Crippen molar-refractivity contribution in [2.75, 3.05) is 5.75 Å². The van der Waals surface area contributed by atoms with E-state index < -0.39 is 10.1 Å². The van der Waals surface area contributed by atoms with E-state index in [-0.39, 0.29) is 23.5 Å². The van der Waals surface area contributed by atoms with Gasteiger partial charge in [-0.3, -0.25) is 4.79 Å². The lowest BCUT2D eigenvalue weighted by Gasteiger charge is -2.27. The topological polar surface area (TPSA) is 63.7 Å². The van der Waals surface area contributed by atoms with Crippen LogP contribution in [-0.2, 0) is 16.7 Å². The van der Waals surface area contributed by atoms with Gasteiger partial charge in [0, 0.05) is 22.6 Å². The largest absolute Gasteiger partial charge is 0.382 e. The minimum absolute atomic E-state index is 0.0184. The molecule has 0 aromatic heterocycles. The molecule has 0 atom stereocenters. The molecule has 0 saturated heterocycles. The summed E-state index contributed by atoms with van der Waals surface area (Å²) < 4.78 is 29.2. The van der Waals surface area contributed by atoms with Crippen LogP contribution in [0.3, 0.4) is 0 Å². The normalized spacial score (nSPS) is 11.4. The van der Waals surface area contributed by atoms with Gasteiger partial charge in [-0.25, -0.2) is 0 Å². The van der Waals surface area contributed by atoms with Crippen LogP contribution in [0.2, 0.25) is 0 Å². The second kappa shape index (κ2) is 8.68. The van der Waals surface area contributed by atoms with Crippen LogP contribution in [0, 0.1) is 0 Å². The summed E-state index contributed by atoms with van der Waals surface area (Å²) in [5.41, 5.74) is 1.40. The predicted molar refractivity (Wildman–Crippen MR) is 106 cm³/mol. The van der Waals surface area contributed by atoms with Crippen molar-refractivity contribution in [3.63, 3.8) is 0 Å². The predicted octanol–water partition coefficient (Wildman–Crippen LogP) is 4.23. The Hall–Kier alpha value is -1.86. The van der Waals surface area contributed by atoms with Crippen molar-refractivity contribution in [2.24, 2.45) is 0 Å². The molecule has 0 aliphatic rings.